The fraction of sp³-hybridized carbons (Fsp3) is 0.125. The van der Waals surface area contributed by atoms with E-state index in [1.54, 1.807) is 24.3 Å². The molecule has 1 aromatic carbocycles. The average molecular weight is 209 g/mol. The predicted octanol–water partition coefficient (Wildman–Crippen LogP) is -1.16. The van der Waals surface area contributed by atoms with Gasteiger partial charge in [-0.05, 0) is 24.3 Å². The summed E-state index contributed by atoms with van der Waals surface area (Å²) in [5, 5.41) is 11.7. The molecule has 0 saturated carbocycles. The SMILES string of the molecule is O=C(O)CNc1ccc(Cl)cc1.[Na+]. The maximum Gasteiger partial charge on any atom is 1.00 e. The molecular weight excluding hydrogens is 201 g/mol. The Balaban J connectivity index is 0.00000144. The Morgan fingerprint density at radius 2 is 1.92 bits per heavy atom. The van der Waals surface area contributed by atoms with Crippen molar-refractivity contribution >= 4 is 23.3 Å². The van der Waals surface area contributed by atoms with E-state index in [1.807, 2.05) is 0 Å². The van der Waals surface area contributed by atoms with Crippen molar-refractivity contribution in [3.8, 4) is 0 Å². The number of nitrogens with one attached hydrogen (secondary N) is 1. The Kier molecular flexibility index (Phi) is 6.16. The average Bonchev–Trinajstić information content (AvgIpc) is 2.03. The Morgan fingerprint density at radius 3 is 2.38 bits per heavy atom. The Hall–Kier alpha value is -0.220. The zero-order valence-corrected chi connectivity index (χ0v) is 10.0. The molecule has 0 aliphatic heterocycles. The van der Waals surface area contributed by atoms with Gasteiger partial charge < -0.3 is 10.4 Å². The number of anilines is 1. The van der Waals surface area contributed by atoms with Gasteiger partial charge in [0.2, 0.25) is 0 Å². The minimum absolute atomic E-state index is 0. The van der Waals surface area contributed by atoms with E-state index < -0.39 is 5.97 Å². The van der Waals surface area contributed by atoms with Crippen LogP contribution in [-0.2, 0) is 4.79 Å². The van der Waals surface area contributed by atoms with Gasteiger partial charge in [-0.2, -0.15) is 0 Å². The second kappa shape index (κ2) is 6.27. The normalized spacial score (nSPS) is 8.69. The van der Waals surface area contributed by atoms with Gasteiger partial charge in [0.15, 0.2) is 0 Å². The van der Waals surface area contributed by atoms with Crippen LogP contribution in [0.15, 0.2) is 24.3 Å². The van der Waals surface area contributed by atoms with Gasteiger partial charge in [0.1, 0.15) is 6.54 Å². The first-order valence-electron chi connectivity index (χ1n) is 3.40. The predicted molar refractivity (Wildman–Crippen MR) is 47.6 cm³/mol. The van der Waals surface area contributed by atoms with Crippen LogP contribution < -0.4 is 34.9 Å². The summed E-state index contributed by atoms with van der Waals surface area (Å²) < 4.78 is 0. The van der Waals surface area contributed by atoms with E-state index in [0.717, 1.165) is 5.69 Å². The van der Waals surface area contributed by atoms with Crippen LogP contribution in [0.3, 0.4) is 0 Å². The summed E-state index contributed by atoms with van der Waals surface area (Å²) >= 11 is 5.63. The first-order valence-corrected chi connectivity index (χ1v) is 3.77. The second-order valence-corrected chi connectivity index (χ2v) is 2.69. The van der Waals surface area contributed by atoms with Crippen LogP contribution in [0.4, 0.5) is 5.69 Å². The molecule has 1 aromatic rings. The number of aliphatic carboxylic acids is 1. The summed E-state index contributed by atoms with van der Waals surface area (Å²) in [5.74, 6) is -0.884. The molecule has 0 bridgehead atoms. The number of hydrogen-bond acceptors (Lipinski definition) is 2. The minimum atomic E-state index is -0.884. The van der Waals surface area contributed by atoms with Crippen molar-refractivity contribution in [2.75, 3.05) is 11.9 Å². The summed E-state index contributed by atoms with van der Waals surface area (Å²) in [6.07, 6.45) is 0. The molecule has 0 unspecified atom stereocenters. The topological polar surface area (TPSA) is 49.3 Å². The summed E-state index contributed by atoms with van der Waals surface area (Å²) in [6.45, 7) is -0.0817. The maximum atomic E-state index is 10.2. The monoisotopic (exact) mass is 208 g/mol. The van der Waals surface area contributed by atoms with Gasteiger partial charge in [-0.15, -0.1) is 0 Å². The van der Waals surface area contributed by atoms with Crippen molar-refractivity contribution in [2.45, 2.75) is 0 Å². The molecule has 0 aliphatic carbocycles. The van der Waals surface area contributed by atoms with E-state index in [1.165, 1.54) is 0 Å². The van der Waals surface area contributed by atoms with E-state index in [2.05, 4.69) is 5.32 Å². The van der Waals surface area contributed by atoms with Crippen LogP contribution in [0.5, 0.6) is 0 Å². The number of carbonyl (C=O) groups is 1. The Bertz CT molecular complexity index is 276. The minimum Gasteiger partial charge on any atom is -0.480 e. The first kappa shape index (κ1) is 12.8. The van der Waals surface area contributed by atoms with E-state index >= 15 is 0 Å². The molecule has 0 heterocycles. The van der Waals surface area contributed by atoms with Gasteiger partial charge >= 0.3 is 35.5 Å². The van der Waals surface area contributed by atoms with Gasteiger partial charge in [-0.25, -0.2) is 0 Å². The van der Waals surface area contributed by atoms with Gasteiger partial charge in [0.05, 0.1) is 0 Å². The molecule has 0 radical (unpaired) electrons. The number of rotatable bonds is 3. The zero-order valence-electron chi connectivity index (χ0n) is 7.25. The molecule has 0 amide bonds. The molecule has 0 aliphatic rings. The Labute approximate surface area is 103 Å². The van der Waals surface area contributed by atoms with Crippen molar-refractivity contribution in [1.29, 1.82) is 0 Å². The van der Waals surface area contributed by atoms with Crippen molar-refractivity contribution in [1.82, 2.24) is 0 Å². The van der Waals surface area contributed by atoms with Crippen molar-refractivity contribution in [2.24, 2.45) is 0 Å². The molecule has 0 spiro atoms. The summed E-state index contributed by atoms with van der Waals surface area (Å²) in [6, 6.07) is 6.86. The summed E-state index contributed by atoms with van der Waals surface area (Å²) in [4.78, 5) is 10.2. The summed E-state index contributed by atoms with van der Waals surface area (Å²) in [7, 11) is 0. The molecule has 0 saturated heterocycles. The van der Waals surface area contributed by atoms with E-state index in [-0.39, 0.29) is 36.1 Å². The van der Waals surface area contributed by atoms with Crippen LogP contribution >= 0.6 is 11.6 Å². The quantitative estimate of drug-likeness (QED) is 0.617. The molecule has 5 heteroatoms. The third-order valence-electron chi connectivity index (χ3n) is 1.29. The molecule has 0 fully saturated rings. The maximum absolute atomic E-state index is 10.2. The van der Waals surface area contributed by atoms with Crippen LogP contribution in [0.25, 0.3) is 0 Å². The summed E-state index contributed by atoms with van der Waals surface area (Å²) in [5.41, 5.74) is 0.752. The molecular formula is C8H8ClNNaO2+. The van der Waals surface area contributed by atoms with Crippen molar-refractivity contribution in [3.63, 3.8) is 0 Å². The number of hydrogen-bond donors (Lipinski definition) is 2. The van der Waals surface area contributed by atoms with Gasteiger partial charge in [0.25, 0.3) is 0 Å². The van der Waals surface area contributed by atoms with Gasteiger partial charge in [-0.1, -0.05) is 11.6 Å². The molecule has 13 heavy (non-hydrogen) atoms. The zero-order chi connectivity index (χ0) is 8.97. The molecule has 0 atom stereocenters. The van der Waals surface area contributed by atoms with Crippen molar-refractivity contribution in [3.05, 3.63) is 29.3 Å². The largest absolute Gasteiger partial charge is 1.00 e. The van der Waals surface area contributed by atoms with E-state index in [4.69, 9.17) is 16.7 Å². The number of carboxylic acids is 1. The van der Waals surface area contributed by atoms with E-state index in [0.29, 0.717) is 5.02 Å². The fourth-order valence-corrected chi connectivity index (χ4v) is 0.871. The molecule has 2 N–H and O–H groups in total. The standard InChI is InChI=1S/C8H8ClNO2.Na/c9-6-1-3-7(4-2-6)10-5-8(11)12;/h1-4,10H,5H2,(H,11,12);/q;+1. The van der Waals surface area contributed by atoms with Crippen LogP contribution in [-0.4, -0.2) is 17.6 Å². The smallest absolute Gasteiger partial charge is 0.480 e. The van der Waals surface area contributed by atoms with Gasteiger partial charge in [-0.3, -0.25) is 4.79 Å². The van der Waals surface area contributed by atoms with Gasteiger partial charge in [0, 0.05) is 10.7 Å². The van der Waals surface area contributed by atoms with Crippen LogP contribution in [0, 0.1) is 0 Å². The third kappa shape index (κ3) is 5.16. The van der Waals surface area contributed by atoms with E-state index in [9.17, 15) is 4.79 Å². The number of carboxylic acid groups (broad SMARTS) is 1. The van der Waals surface area contributed by atoms with Crippen LogP contribution in [0.1, 0.15) is 0 Å². The number of halogens is 1. The Morgan fingerprint density at radius 1 is 1.38 bits per heavy atom. The molecule has 3 nitrogen and oxygen atoms in total. The van der Waals surface area contributed by atoms with Crippen LogP contribution in [0.2, 0.25) is 5.02 Å². The second-order valence-electron chi connectivity index (χ2n) is 2.25. The molecule has 1 rings (SSSR count). The molecule has 0 aromatic heterocycles. The fourth-order valence-electron chi connectivity index (χ4n) is 0.745. The third-order valence-corrected chi connectivity index (χ3v) is 1.54. The van der Waals surface area contributed by atoms with Crippen molar-refractivity contribution < 1.29 is 39.5 Å². The first-order chi connectivity index (χ1) is 5.68. The molecule has 64 valence electrons. The number of benzene rings is 1.